The van der Waals surface area contributed by atoms with Crippen LogP contribution in [0.3, 0.4) is 0 Å². The van der Waals surface area contributed by atoms with E-state index in [1.807, 2.05) is 0 Å². The molecule has 2 fully saturated rings. The third-order valence-electron chi connectivity index (χ3n) is 7.60. The molecule has 0 aromatic carbocycles. The molecule has 0 spiro atoms. The molecule has 0 heterocycles. The van der Waals surface area contributed by atoms with Crippen LogP contribution in [0.25, 0.3) is 0 Å². The molecule has 2 aliphatic rings. The average Bonchev–Trinajstić information content (AvgIpc) is 2.86. The maximum Gasteiger partial charge on any atom is 0.335 e. The summed E-state index contributed by atoms with van der Waals surface area (Å²) in [6, 6.07) is 0. The molecule has 2 rings (SSSR count). The predicted molar refractivity (Wildman–Crippen MR) is 124 cm³/mol. The summed E-state index contributed by atoms with van der Waals surface area (Å²) in [5, 5.41) is 18.2. The molecule has 7 heteroatoms. The molecule has 2 N–H and O–H groups in total. The average molecular weight is 469 g/mol. The summed E-state index contributed by atoms with van der Waals surface area (Å²) in [6.07, 6.45) is 10.8. The van der Waals surface area contributed by atoms with Crippen molar-refractivity contribution in [1.82, 2.24) is 0 Å². The van der Waals surface area contributed by atoms with Gasteiger partial charge in [-0.25, -0.2) is 9.59 Å². The number of alkyl halides is 1. The molecule has 0 radical (unpaired) electrons. The molecular formula is C26H41FO6. The van der Waals surface area contributed by atoms with Crippen molar-refractivity contribution < 1.29 is 33.7 Å². The standard InChI is InChI=1S/C26H41FO6/c1-18(14-28)25(30)32-16-24(17-33-26(31)19(2)15-29)23-11-9-22(10-12-23)21-7-5-20(6-8-21)4-3-13-27/h20-24,28-29H,1-17H2. The molecule has 0 atom stereocenters. The van der Waals surface area contributed by atoms with Crippen molar-refractivity contribution in [2.24, 2.45) is 29.6 Å². The van der Waals surface area contributed by atoms with Crippen LogP contribution in [0.15, 0.2) is 24.3 Å². The number of carbonyl (C=O) groups is 2. The molecule has 0 amide bonds. The van der Waals surface area contributed by atoms with Crippen LogP contribution in [0, 0.1) is 29.6 Å². The number of aliphatic hydroxyl groups is 2. The van der Waals surface area contributed by atoms with E-state index in [-0.39, 0.29) is 42.9 Å². The third kappa shape index (κ3) is 8.85. The Labute approximate surface area is 197 Å². The minimum absolute atomic E-state index is 0.00905. The third-order valence-corrected chi connectivity index (χ3v) is 7.60. The number of ether oxygens (including phenoxy) is 2. The van der Waals surface area contributed by atoms with E-state index >= 15 is 0 Å². The van der Waals surface area contributed by atoms with E-state index in [9.17, 15) is 14.0 Å². The van der Waals surface area contributed by atoms with Crippen LogP contribution in [0.5, 0.6) is 0 Å². The quantitative estimate of drug-likeness (QED) is 0.312. The fraction of sp³-hybridized carbons (Fsp3) is 0.769. The molecule has 0 saturated heterocycles. The highest BCUT2D eigenvalue weighted by Crippen LogP contribution is 2.43. The van der Waals surface area contributed by atoms with Crippen molar-refractivity contribution >= 4 is 11.9 Å². The lowest BCUT2D eigenvalue weighted by molar-refractivity contribution is -0.146. The van der Waals surface area contributed by atoms with Gasteiger partial charge in [-0.1, -0.05) is 26.0 Å². The Bertz CT molecular complexity index is 615. The fourth-order valence-corrected chi connectivity index (χ4v) is 5.42. The topological polar surface area (TPSA) is 93.1 Å². The number of hydrogen-bond donors (Lipinski definition) is 2. The first-order valence-corrected chi connectivity index (χ1v) is 12.4. The summed E-state index contributed by atoms with van der Waals surface area (Å²) < 4.78 is 23.1. The Morgan fingerprint density at radius 3 is 1.70 bits per heavy atom. The molecule has 0 bridgehead atoms. The molecule has 0 aromatic heterocycles. The molecule has 2 saturated carbocycles. The molecule has 0 aromatic rings. The van der Waals surface area contributed by atoms with E-state index in [0.29, 0.717) is 18.3 Å². The Morgan fingerprint density at radius 1 is 0.818 bits per heavy atom. The second-order valence-corrected chi connectivity index (χ2v) is 9.77. The second kappa shape index (κ2) is 14.5. The van der Waals surface area contributed by atoms with Crippen molar-refractivity contribution in [3.63, 3.8) is 0 Å². The smallest absolute Gasteiger partial charge is 0.335 e. The Hall–Kier alpha value is -1.73. The van der Waals surface area contributed by atoms with E-state index in [0.717, 1.165) is 38.0 Å². The molecule has 0 unspecified atom stereocenters. The SMILES string of the molecule is C=C(CO)C(=O)OCC(COC(=O)C(=C)CO)C1CCC(C2CCC(CCCF)CC2)CC1. The molecular weight excluding hydrogens is 427 g/mol. The fourth-order valence-electron chi connectivity index (χ4n) is 5.42. The van der Waals surface area contributed by atoms with Crippen molar-refractivity contribution in [2.75, 3.05) is 33.1 Å². The molecule has 2 aliphatic carbocycles. The summed E-state index contributed by atoms with van der Waals surface area (Å²) in [5.41, 5.74) is -0.0181. The zero-order valence-corrected chi connectivity index (χ0v) is 19.8. The monoisotopic (exact) mass is 468 g/mol. The van der Waals surface area contributed by atoms with Gasteiger partial charge in [0.15, 0.2) is 0 Å². The largest absolute Gasteiger partial charge is 0.462 e. The van der Waals surface area contributed by atoms with Gasteiger partial charge in [0.25, 0.3) is 0 Å². The van der Waals surface area contributed by atoms with Gasteiger partial charge in [0.2, 0.25) is 0 Å². The molecule has 33 heavy (non-hydrogen) atoms. The van der Waals surface area contributed by atoms with Crippen LogP contribution in [0.4, 0.5) is 4.39 Å². The highest BCUT2D eigenvalue weighted by atomic mass is 19.1. The van der Waals surface area contributed by atoms with Crippen molar-refractivity contribution in [1.29, 1.82) is 0 Å². The Balaban J connectivity index is 1.86. The number of aliphatic hydroxyl groups excluding tert-OH is 2. The number of esters is 2. The lowest BCUT2D eigenvalue weighted by Crippen LogP contribution is -2.33. The first kappa shape index (κ1) is 27.5. The van der Waals surface area contributed by atoms with Crippen LogP contribution in [0.2, 0.25) is 0 Å². The minimum Gasteiger partial charge on any atom is -0.462 e. The maximum absolute atomic E-state index is 12.4. The molecule has 188 valence electrons. The van der Waals surface area contributed by atoms with E-state index in [1.165, 1.54) is 25.7 Å². The Morgan fingerprint density at radius 2 is 1.27 bits per heavy atom. The van der Waals surface area contributed by atoms with Crippen LogP contribution in [0.1, 0.15) is 64.2 Å². The van der Waals surface area contributed by atoms with Crippen LogP contribution < -0.4 is 0 Å². The van der Waals surface area contributed by atoms with Crippen molar-refractivity contribution in [3.8, 4) is 0 Å². The van der Waals surface area contributed by atoms with Gasteiger partial charge in [-0.05, 0) is 75.0 Å². The predicted octanol–water partition coefficient (Wildman–Crippen LogP) is 4.15. The van der Waals surface area contributed by atoms with Crippen LogP contribution >= 0.6 is 0 Å². The number of carbonyl (C=O) groups excluding carboxylic acids is 2. The summed E-state index contributed by atoms with van der Waals surface area (Å²) in [6.45, 7) is 6.02. The van der Waals surface area contributed by atoms with Crippen molar-refractivity contribution in [3.05, 3.63) is 24.3 Å². The Kier molecular flexibility index (Phi) is 12.1. The second-order valence-electron chi connectivity index (χ2n) is 9.77. The number of halogens is 1. The van der Waals surface area contributed by atoms with Crippen LogP contribution in [-0.2, 0) is 19.1 Å². The number of hydrogen-bond acceptors (Lipinski definition) is 6. The van der Waals surface area contributed by atoms with Gasteiger partial charge in [-0.3, -0.25) is 4.39 Å². The van der Waals surface area contributed by atoms with E-state index in [1.54, 1.807) is 0 Å². The molecule has 0 aliphatic heterocycles. The summed E-state index contributed by atoms with van der Waals surface area (Å²) in [4.78, 5) is 23.9. The van der Waals surface area contributed by atoms with E-state index < -0.39 is 25.2 Å². The van der Waals surface area contributed by atoms with Gasteiger partial charge in [0.05, 0.1) is 44.2 Å². The van der Waals surface area contributed by atoms with Crippen LogP contribution in [-0.4, -0.2) is 55.3 Å². The summed E-state index contributed by atoms with van der Waals surface area (Å²) >= 11 is 0. The molecule has 6 nitrogen and oxygen atoms in total. The van der Waals surface area contributed by atoms with Gasteiger partial charge in [-0.2, -0.15) is 0 Å². The van der Waals surface area contributed by atoms with Crippen molar-refractivity contribution in [2.45, 2.75) is 64.2 Å². The van der Waals surface area contributed by atoms with E-state index in [2.05, 4.69) is 13.2 Å². The maximum atomic E-state index is 12.4. The van der Waals surface area contributed by atoms with Gasteiger partial charge < -0.3 is 19.7 Å². The normalized spacial score (nSPS) is 25.5. The van der Waals surface area contributed by atoms with E-state index in [4.69, 9.17) is 19.7 Å². The summed E-state index contributed by atoms with van der Waals surface area (Å²) in [7, 11) is 0. The minimum atomic E-state index is -0.646. The van der Waals surface area contributed by atoms with Gasteiger partial charge >= 0.3 is 11.9 Å². The zero-order valence-electron chi connectivity index (χ0n) is 19.8. The first-order valence-electron chi connectivity index (χ1n) is 12.4. The highest BCUT2D eigenvalue weighted by molar-refractivity contribution is 5.88. The number of rotatable bonds is 13. The van der Waals surface area contributed by atoms with Gasteiger partial charge in [0, 0.05) is 5.92 Å². The highest BCUT2D eigenvalue weighted by Gasteiger charge is 2.34. The van der Waals surface area contributed by atoms with Gasteiger partial charge in [0.1, 0.15) is 0 Å². The zero-order chi connectivity index (χ0) is 24.2. The lowest BCUT2D eigenvalue weighted by Gasteiger charge is -2.39. The summed E-state index contributed by atoms with van der Waals surface area (Å²) in [5.74, 6) is 0.920. The van der Waals surface area contributed by atoms with Gasteiger partial charge in [-0.15, -0.1) is 0 Å². The first-order chi connectivity index (χ1) is 15.9. The lowest BCUT2D eigenvalue weighted by atomic mass is 9.67.